The molecule has 1 amide bonds. The highest BCUT2D eigenvalue weighted by Crippen LogP contribution is 2.30. The van der Waals surface area contributed by atoms with Gasteiger partial charge in [0.1, 0.15) is 11.5 Å². The second-order valence-electron chi connectivity index (χ2n) is 7.64. The van der Waals surface area contributed by atoms with Crippen LogP contribution in [0.1, 0.15) is 26.3 Å². The fraction of sp³-hybridized carbons (Fsp3) is 0.435. The summed E-state index contributed by atoms with van der Waals surface area (Å²) in [4.78, 5) is 12.8. The van der Waals surface area contributed by atoms with Crippen molar-refractivity contribution < 1.29 is 27.4 Å². The van der Waals surface area contributed by atoms with E-state index in [2.05, 4.69) is 5.32 Å². The number of anilines is 1. The maximum Gasteiger partial charge on any atom is 0.243 e. The molecule has 9 heteroatoms. The van der Waals surface area contributed by atoms with Crippen molar-refractivity contribution >= 4 is 21.6 Å². The van der Waals surface area contributed by atoms with E-state index in [1.54, 1.807) is 6.07 Å². The van der Waals surface area contributed by atoms with E-state index < -0.39 is 10.0 Å². The van der Waals surface area contributed by atoms with Crippen LogP contribution < -0.4 is 14.8 Å². The summed E-state index contributed by atoms with van der Waals surface area (Å²) in [5, 5.41) is 2.82. The van der Waals surface area contributed by atoms with Crippen molar-refractivity contribution in [3.05, 3.63) is 48.0 Å². The van der Waals surface area contributed by atoms with Crippen LogP contribution in [-0.4, -0.2) is 57.6 Å². The molecule has 1 saturated heterocycles. The van der Waals surface area contributed by atoms with Crippen LogP contribution in [0.25, 0.3) is 0 Å². The van der Waals surface area contributed by atoms with E-state index in [-0.39, 0.29) is 23.3 Å². The summed E-state index contributed by atoms with van der Waals surface area (Å²) < 4.78 is 43.9. The van der Waals surface area contributed by atoms with Crippen molar-refractivity contribution in [1.29, 1.82) is 0 Å². The summed E-state index contributed by atoms with van der Waals surface area (Å²) >= 11 is 0. The number of benzene rings is 2. The second-order valence-corrected chi connectivity index (χ2v) is 9.58. The number of morpholine rings is 1. The molecule has 0 aliphatic carbocycles. The van der Waals surface area contributed by atoms with Gasteiger partial charge < -0.3 is 19.5 Å². The van der Waals surface area contributed by atoms with Gasteiger partial charge in [0.05, 0.1) is 42.9 Å². The van der Waals surface area contributed by atoms with Gasteiger partial charge in [-0.25, -0.2) is 8.42 Å². The highest BCUT2D eigenvalue weighted by molar-refractivity contribution is 7.89. The van der Waals surface area contributed by atoms with Crippen LogP contribution in [0.4, 0.5) is 5.69 Å². The number of nitrogens with one attached hydrogen (secondary N) is 1. The van der Waals surface area contributed by atoms with E-state index in [9.17, 15) is 13.2 Å². The molecule has 1 aliphatic rings. The minimum absolute atomic E-state index is 0.104. The van der Waals surface area contributed by atoms with Crippen molar-refractivity contribution in [2.45, 2.75) is 38.2 Å². The minimum Gasteiger partial charge on any atom is -0.494 e. The lowest BCUT2D eigenvalue weighted by molar-refractivity contribution is -0.115. The minimum atomic E-state index is -3.70. The molecule has 1 fully saturated rings. The average molecular weight is 463 g/mol. The van der Waals surface area contributed by atoms with Gasteiger partial charge in [-0.3, -0.25) is 4.79 Å². The molecule has 2 aromatic rings. The third-order valence-corrected chi connectivity index (χ3v) is 6.69. The number of sulfonamides is 1. The summed E-state index contributed by atoms with van der Waals surface area (Å²) in [7, 11) is -3.70. The summed E-state index contributed by atoms with van der Waals surface area (Å²) in [6.07, 6.45) is -0.00741. The number of nitrogens with zero attached hydrogens (tertiary/aromatic N) is 1. The first-order chi connectivity index (χ1) is 15.3. The fourth-order valence-electron chi connectivity index (χ4n) is 3.31. The van der Waals surface area contributed by atoms with Gasteiger partial charge in [0.2, 0.25) is 15.9 Å². The third-order valence-electron chi connectivity index (χ3n) is 4.79. The highest BCUT2D eigenvalue weighted by Gasteiger charge is 2.27. The molecule has 0 atom stereocenters. The fourth-order valence-corrected chi connectivity index (χ4v) is 4.74. The number of carbonyl (C=O) groups is 1. The molecular weight excluding hydrogens is 432 g/mol. The predicted octanol–water partition coefficient (Wildman–Crippen LogP) is 3.07. The number of carbonyl (C=O) groups excluding carboxylic acids is 1. The lowest BCUT2D eigenvalue weighted by Gasteiger charge is -2.26. The molecule has 0 radical (unpaired) electrons. The molecule has 8 nitrogen and oxygen atoms in total. The van der Waals surface area contributed by atoms with Crippen LogP contribution in [0.3, 0.4) is 0 Å². The molecule has 32 heavy (non-hydrogen) atoms. The first-order valence-corrected chi connectivity index (χ1v) is 12.1. The van der Waals surface area contributed by atoms with Crippen molar-refractivity contribution in [1.82, 2.24) is 4.31 Å². The SMILES string of the molecule is CCOc1ccc(CC(=O)Nc2cc(S(=O)(=O)N3CCOCC3)ccc2OC(C)C)cc1. The number of rotatable bonds is 9. The van der Waals surface area contributed by atoms with Crippen molar-refractivity contribution in [2.24, 2.45) is 0 Å². The first kappa shape index (κ1) is 24.0. The van der Waals surface area contributed by atoms with Crippen LogP contribution in [0.15, 0.2) is 47.4 Å². The van der Waals surface area contributed by atoms with Crippen LogP contribution >= 0.6 is 0 Å². The maximum atomic E-state index is 13.0. The number of hydrogen-bond donors (Lipinski definition) is 1. The van der Waals surface area contributed by atoms with E-state index in [1.807, 2.05) is 45.0 Å². The van der Waals surface area contributed by atoms with Gasteiger partial charge in [-0.2, -0.15) is 4.31 Å². The summed E-state index contributed by atoms with van der Waals surface area (Å²) in [6, 6.07) is 11.8. The van der Waals surface area contributed by atoms with E-state index in [0.717, 1.165) is 11.3 Å². The van der Waals surface area contributed by atoms with Gasteiger partial charge >= 0.3 is 0 Å². The largest absolute Gasteiger partial charge is 0.494 e. The first-order valence-electron chi connectivity index (χ1n) is 10.7. The molecule has 2 aromatic carbocycles. The lowest BCUT2D eigenvalue weighted by atomic mass is 10.1. The van der Waals surface area contributed by atoms with Crippen molar-refractivity contribution in [2.75, 3.05) is 38.2 Å². The molecule has 1 heterocycles. The number of ether oxygens (including phenoxy) is 3. The predicted molar refractivity (Wildman–Crippen MR) is 122 cm³/mol. The van der Waals surface area contributed by atoms with Gasteiger partial charge in [-0.1, -0.05) is 12.1 Å². The lowest BCUT2D eigenvalue weighted by Crippen LogP contribution is -2.40. The molecule has 1 aliphatic heterocycles. The van der Waals surface area contributed by atoms with Gasteiger partial charge in [-0.15, -0.1) is 0 Å². The van der Waals surface area contributed by atoms with E-state index in [4.69, 9.17) is 14.2 Å². The Kier molecular flexibility index (Phi) is 8.11. The molecule has 0 unspecified atom stereocenters. The standard InChI is InChI=1S/C23H30N2O6S/c1-4-30-19-7-5-18(6-8-19)15-23(26)24-21-16-20(9-10-22(21)31-17(2)3)32(27,28)25-11-13-29-14-12-25/h5-10,16-17H,4,11-15H2,1-3H3,(H,24,26). The zero-order valence-corrected chi connectivity index (χ0v) is 19.5. The van der Waals surface area contributed by atoms with Crippen LogP contribution in [-0.2, 0) is 26.0 Å². The van der Waals surface area contributed by atoms with Crippen molar-refractivity contribution in [3.63, 3.8) is 0 Å². The van der Waals surface area contributed by atoms with Gasteiger partial charge in [0, 0.05) is 13.1 Å². The average Bonchev–Trinajstić information content (AvgIpc) is 2.76. The quantitative estimate of drug-likeness (QED) is 0.616. The van der Waals surface area contributed by atoms with E-state index in [0.29, 0.717) is 44.3 Å². The van der Waals surface area contributed by atoms with Gasteiger partial charge in [0.15, 0.2) is 0 Å². The Hall–Kier alpha value is -2.62. The maximum absolute atomic E-state index is 13.0. The second kappa shape index (κ2) is 10.8. The van der Waals surface area contributed by atoms with Crippen LogP contribution in [0, 0.1) is 0 Å². The van der Waals surface area contributed by atoms with Gasteiger partial charge in [0.25, 0.3) is 0 Å². The molecule has 1 N–H and O–H groups in total. The Balaban J connectivity index is 1.80. The molecule has 174 valence electrons. The van der Waals surface area contributed by atoms with E-state index in [1.165, 1.54) is 16.4 Å². The van der Waals surface area contributed by atoms with Gasteiger partial charge in [-0.05, 0) is 56.7 Å². The molecule has 0 bridgehead atoms. The Bertz CT molecular complexity index is 1020. The van der Waals surface area contributed by atoms with Crippen molar-refractivity contribution in [3.8, 4) is 11.5 Å². The number of hydrogen-bond acceptors (Lipinski definition) is 6. The Labute approximate surface area is 189 Å². The summed E-state index contributed by atoms with van der Waals surface area (Å²) in [6.45, 7) is 7.53. The third kappa shape index (κ3) is 6.21. The molecule has 0 spiro atoms. The molecule has 0 saturated carbocycles. The van der Waals surface area contributed by atoms with E-state index >= 15 is 0 Å². The highest BCUT2D eigenvalue weighted by atomic mass is 32.2. The Morgan fingerprint density at radius 1 is 1.12 bits per heavy atom. The molecule has 3 rings (SSSR count). The summed E-state index contributed by atoms with van der Waals surface area (Å²) in [5.41, 5.74) is 1.14. The topological polar surface area (TPSA) is 94.2 Å². The normalized spacial score (nSPS) is 14.9. The Morgan fingerprint density at radius 2 is 1.81 bits per heavy atom. The smallest absolute Gasteiger partial charge is 0.243 e. The van der Waals surface area contributed by atoms with Crippen LogP contribution in [0.5, 0.6) is 11.5 Å². The zero-order chi connectivity index (χ0) is 23.1. The summed E-state index contributed by atoms with van der Waals surface area (Å²) in [5.74, 6) is 0.884. The van der Waals surface area contributed by atoms with Crippen LogP contribution in [0.2, 0.25) is 0 Å². The zero-order valence-electron chi connectivity index (χ0n) is 18.7. The number of amides is 1. The molecule has 0 aromatic heterocycles. The molecular formula is C23H30N2O6S. The Morgan fingerprint density at radius 3 is 2.44 bits per heavy atom. The monoisotopic (exact) mass is 462 g/mol.